The summed E-state index contributed by atoms with van der Waals surface area (Å²) in [5, 5.41) is -0.339. The van der Waals surface area contributed by atoms with Gasteiger partial charge in [-0.25, -0.2) is 0 Å². The van der Waals surface area contributed by atoms with Crippen molar-refractivity contribution in [2.24, 2.45) is 0 Å². The number of hydrogen-bond acceptors (Lipinski definition) is 4. The van der Waals surface area contributed by atoms with Crippen LogP contribution < -0.4 is 0 Å². The second-order valence-corrected chi connectivity index (χ2v) is 4.25. The Labute approximate surface area is 110 Å². The molecule has 0 atom stereocenters. The molecule has 1 aliphatic heterocycles. The van der Waals surface area contributed by atoms with Gasteiger partial charge in [-0.15, -0.1) is 0 Å². The van der Waals surface area contributed by atoms with Crippen LogP contribution in [0.5, 0.6) is 0 Å². The molecule has 96 valence electrons. The fourth-order valence-corrected chi connectivity index (χ4v) is 2.12. The Balaban J connectivity index is 0.000000771. The maximum Gasteiger partial charge on any atom is 0.289 e. The molecule has 18 heavy (non-hydrogen) atoms. The molecule has 0 aromatic heterocycles. The molecule has 0 N–H and O–H groups in total. The summed E-state index contributed by atoms with van der Waals surface area (Å²) in [6.07, 6.45) is 0. The zero-order valence-corrected chi connectivity index (χ0v) is 11.2. The van der Waals surface area contributed by atoms with Crippen LogP contribution in [-0.4, -0.2) is 34.1 Å². The van der Waals surface area contributed by atoms with E-state index in [4.69, 9.17) is 0 Å². The molecule has 0 unspecified atom stereocenters. The van der Waals surface area contributed by atoms with Crippen molar-refractivity contribution < 1.29 is 14.4 Å². The lowest BCUT2D eigenvalue weighted by Crippen LogP contribution is -2.33. The fraction of sp³-hybridized carbons (Fsp3) is 0.308. The second kappa shape index (κ2) is 6.96. The Bertz CT molecular complexity index is 429. The van der Waals surface area contributed by atoms with Crippen LogP contribution in [0.2, 0.25) is 0 Å². The highest BCUT2D eigenvalue weighted by molar-refractivity contribution is 8.14. The van der Waals surface area contributed by atoms with Gasteiger partial charge in [0.1, 0.15) is 0 Å². The SMILES string of the molecule is CC.O=C(CN1C(=O)CSC1=O)c1ccccc1. The van der Waals surface area contributed by atoms with E-state index in [1.807, 2.05) is 13.8 Å². The van der Waals surface area contributed by atoms with Crippen LogP contribution in [0.4, 0.5) is 4.79 Å². The van der Waals surface area contributed by atoms with Gasteiger partial charge < -0.3 is 0 Å². The highest BCUT2D eigenvalue weighted by Gasteiger charge is 2.31. The summed E-state index contributed by atoms with van der Waals surface area (Å²) in [6.45, 7) is 3.84. The number of nitrogens with zero attached hydrogens (tertiary/aromatic N) is 1. The van der Waals surface area contributed by atoms with Crippen LogP contribution in [0.15, 0.2) is 30.3 Å². The Kier molecular flexibility index (Phi) is 5.58. The Morgan fingerprint density at radius 1 is 1.22 bits per heavy atom. The van der Waals surface area contributed by atoms with E-state index in [-0.39, 0.29) is 29.2 Å². The third-order valence-corrected chi connectivity index (χ3v) is 3.10. The summed E-state index contributed by atoms with van der Waals surface area (Å²) in [5.41, 5.74) is 0.514. The van der Waals surface area contributed by atoms with E-state index in [1.54, 1.807) is 30.3 Å². The minimum absolute atomic E-state index is 0.140. The van der Waals surface area contributed by atoms with Crippen molar-refractivity contribution in [2.75, 3.05) is 12.3 Å². The lowest BCUT2D eigenvalue weighted by Gasteiger charge is -2.11. The summed E-state index contributed by atoms with van der Waals surface area (Å²) in [7, 11) is 0. The molecule has 0 bridgehead atoms. The highest BCUT2D eigenvalue weighted by Crippen LogP contribution is 2.18. The number of rotatable bonds is 3. The number of carbonyl (C=O) groups excluding carboxylic acids is 3. The van der Waals surface area contributed by atoms with Crippen molar-refractivity contribution in [3.8, 4) is 0 Å². The Morgan fingerprint density at radius 3 is 2.33 bits per heavy atom. The molecule has 2 rings (SSSR count). The molecule has 1 saturated heterocycles. The first-order valence-corrected chi connectivity index (χ1v) is 6.72. The average Bonchev–Trinajstić information content (AvgIpc) is 2.74. The molecular formula is C13H15NO3S. The highest BCUT2D eigenvalue weighted by atomic mass is 32.2. The van der Waals surface area contributed by atoms with Gasteiger partial charge in [0.2, 0.25) is 5.91 Å². The predicted octanol–water partition coefficient (Wildman–Crippen LogP) is 2.59. The summed E-state index contributed by atoms with van der Waals surface area (Å²) >= 11 is 0.936. The van der Waals surface area contributed by atoms with Gasteiger partial charge in [0.05, 0.1) is 12.3 Å². The Hall–Kier alpha value is -1.62. The predicted molar refractivity (Wildman–Crippen MR) is 71.7 cm³/mol. The molecule has 4 nitrogen and oxygen atoms in total. The van der Waals surface area contributed by atoms with Crippen molar-refractivity contribution in [3.63, 3.8) is 0 Å². The van der Waals surface area contributed by atoms with Crippen molar-refractivity contribution in [2.45, 2.75) is 13.8 Å². The molecule has 1 fully saturated rings. The smallest absolute Gasteiger partial charge is 0.289 e. The maximum atomic E-state index is 11.7. The van der Waals surface area contributed by atoms with E-state index in [1.165, 1.54) is 0 Å². The molecule has 5 heteroatoms. The first-order valence-electron chi connectivity index (χ1n) is 5.74. The van der Waals surface area contributed by atoms with Crippen LogP contribution in [-0.2, 0) is 4.79 Å². The molecule has 0 radical (unpaired) electrons. The summed E-state index contributed by atoms with van der Waals surface area (Å²) in [4.78, 5) is 35.3. The third-order valence-electron chi connectivity index (χ3n) is 2.24. The molecule has 1 aliphatic rings. The van der Waals surface area contributed by atoms with Gasteiger partial charge in [-0.05, 0) is 0 Å². The molecule has 2 amide bonds. The molecule has 0 aliphatic carbocycles. The minimum atomic E-state index is -0.339. The van der Waals surface area contributed by atoms with Crippen molar-refractivity contribution in [1.29, 1.82) is 0 Å². The van der Waals surface area contributed by atoms with Gasteiger partial charge in [0.25, 0.3) is 5.24 Å². The van der Waals surface area contributed by atoms with Gasteiger partial charge in [-0.3, -0.25) is 19.3 Å². The largest absolute Gasteiger partial charge is 0.292 e. The van der Waals surface area contributed by atoms with Gasteiger partial charge in [-0.2, -0.15) is 0 Å². The third kappa shape index (κ3) is 3.43. The number of carbonyl (C=O) groups is 3. The topological polar surface area (TPSA) is 54.5 Å². The number of imide groups is 1. The average molecular weight is 265 g/mol. The van der Waals surface area contributed by atoms with Crippen LogP contribution in [0.3, 0.4) is 0 Å². The van der Waals surface area contributed by atoms with E-state index in [9.17, 15) is 14.4 Å². The van der Waals surface area contributed by atoms with E-state index in [0.29, 0.717) is 5.56 Å². The number of hydrogen-bond donors (Lipinski definition) is 0. The number of benzene rings is 1. The number of Topliss-reactive ketones (excluding diaryl/α,β-unsaturated/α-hetero) is 1. The fourth-order valence-electron chi connectivity index (χ4n) is 1.39. The molecule has 1 aromatic carbocycles. The monoisotopic (exact) mass is 265 g/mol. The van der Waals surface area contributed by atoms with Crippen LogP contribution in [0.1, 0.15) is 24.2 Å². The van der Waals surface area contributed by atoms with Crippen LogP contribution >= 0.6 is 11.8 Å². The minimum Gasteiger partial charge on any atom is -0.292 e. The van der Waals surface area contributed by atoms with E-state index >= 15 is 0 Å². The van der Waals surface area contributed by atoms with E-state index in [0.717, 1.165) is 16.7 Å². The molecule has 0 spiro atoms. The van der Waals surface area contributed by atoms with Gasteiger partial charge in [0, 0.05) is 5.56 Å². The maximum absolute atomic E-state index is 11.7. The molecular weight excluding hydrogens is 250 g/mol. The molecule has 0 saturated carbocycles. The normalized spacial score (nSPS) is 14.2. The lowest BCUT2D eigenvalue weighted by molar-refractivity contribution is -0.124. The van der Waals surface area contributed by atoms with Gasteiger partial charge in [0.15, 0.2) is 5.78 Å². The van der Waals surface area contributed by atoms with Crippen LogP contribution in [0, 0.1) is 0 Å². The second-order valence-electron chi connectivity index (χ2n) is 3.32. The quantitative estimate of drug-likeness (QED) is 0.788. The molecule has 1 heterocycles. The standard InChI is InChI=1S/C11H9NO3S.C2H6/c13-9(8-4-2-1-3-5-8)6-12-10(14)7-16-11(12)15;1-2/h1-5H,6-7H2;1-2H3. The van der Waals surface area contributed by atoms with Crippen molar-refractivity contribution in [1.82, 2.24) is 4.90 Å². The number of amides is 2. The van der Waals surface area contributed by atoms with Gasteiger partial charge >= 0.3 is 0 Å². The van der Waals surface area contributed by atoms with Crippen LogP contribution in [0.25, 0.3) is 0 Å². The number of ketones is 1. The summed E-state index contributed by atoms with van der Waals surface area (Å²) in [6, 6.07) is 8.63. The van der Waals surface area contributed by atoms with E-state index in [2.05, 4.69) is 0 Å². The van der Waals surface area contributed by atoms with Gasteiger partial charge in [-0.1, -0.05) is 55.9 Å². The van der Waals surface area contributed by atoms with Crippen molar-refractivity contribution in [3.05, 3.63) is 35.9 Å². The summed E-state index contributed by atoms with van der Waals surface area (Å²) < 4.78 is 0. The zero-order valence-electron chi connectivity index (χ0n) is 10.4. The summed E-state index contributed by atoms with van der Waals surface area (Å²) in [5.74, 6) is -0.370. The zero-order chi connectivity index (χ0) is 13.5. The van der Waals surface area contributed by atoms with Crippen molar-refractivity contribution >= 4 is 28.7 Å². The lowest BCUT2D eigenvalue weighted by atomic mass is 10.1. The van der Waals surface area contributed by atoms with E-state index < -0.39 is 0 Å². The molecule has 1 aromatic rings. The Morgan fingerprint density at radius 2 is 1.83 bits per heavy atom. The first kappa shape index (κ1) is 14.4. The first-order chi connectivity index (χ1) is 8.68. The number of thioether (sulfide) groups is 1.